The van der Waals surface area contributed by atoms with Crippen LogP contribution in [0, 0.1) is 0 Å². The van der Waals surface area contributed by atoms with Crippen LogP contribution in [0.3, 0.4) is 0 Å². The van der Waals surface area contributed by atoms with Crippen molar-refractivity contribution in [1.82, 2.24) is 29.3 Å². The lowest BCUT2D eigenvalue weighted by atomic mass is 9.78. The predicted octanol–water partition coefficient (Wildman–Crippen LogP) is 15.6. The summed E-state index contributed by atoms with van der Waals surface area (Å²) in [4.78, 5) is 10.7. The minimum atomic E-state index is -0.0604. The Morgan fingerprint density at radius 3 is 1.75 bits per heavy atom. The maximum Gasteiger partial charge on any atom is 0.146 e. The number of aromatic nitrogens is 6. The summed E-state index contributed by atoms with van der Waals surface area (Å²) in [6.45, 7) is 27.4. The summed E-state index contributed by atoms with van der Waals surface area (Å²) in [5.41, 5.74) is 16.0. The van der Waals surface area contributed by atoms with E-state index < -0.39 is 0 Å². The number of nitrogens with zero attached hydrogens (tertiary/aromatic N) is 5. The Morgan fingerprint density at radius 1 is 0.446 bits per heavy atom. The molecule has 5 heterocycles. The van der Waals surface area contributed by atoms with Gasteiger partial charge in [-0.3, -0.25) is 14.2 Å². The van der Waals surface area contributed by atoms with Gasteiger partial charge >= 0.3 is 0 Å². The molecule has 6 nitrogen and oxygen atoms in total. The predicted molar refractivity (Wildman–Crippen MR) is 274 cm³/mol. The van der Waals surface area contributed by atoms with Crippen molar-refractivity contribution >= 4 is 43.7 Å². The van der Waals surface area contributed by atoms with E-state index in [1.54, 1.807) is 0 Å². The summed E-state index contributed by atoms with van der Waals surface area (Å²) < 4.78 is 4.68. The van der Waals surface area contributed by atoms with Crippen LogP contribution in [0.4, 0.5) is 0 Å². The molecule has 326 valence electrons. The zero-order valence-corrected chi connectivity index (χ0v) is 40.0. The number of nitrogens with one attached hydrogen (secondary N) is 1. The van der Waals surface area contributed by atoms with Gasteiger partial charge in [-0.15, -0.1) is 0 Å². The van der Waals surface area contributed by atoms with Crippen LogP contribution in [0.5, 0.6) is 0 Å². The van der Waals surface area contributed by atoms with Gasteiger partial charge in [0.1, 0.15) is 17.2 Å². The van der Waals surface area contributed by atoms with Crippen LogP contribution in [0.15, 0.2) is 140 Å². The molecule has 0 unspecified atom stereocenters. The lowest BCUT2D eigenvalue weighted by Crippen LogP contribution is -2.16. The summed E-state index contributed by atoms with van der Waals surface area (Å²) in [5, 5.41) is 13.3. The van der Waals surface area contributed by atoms with E-state index in [9.17, 15) is 0 Å². The first kappa shape index (κ1) is 42.2. The maximum absolute atomic E-state index is 5.70. The zero-order chi connectivity index (χ0) is 45.8. The highest BCUT2D eigenvalue weighted by Gasteiger charge is 2.27. The van der Waals surface area contributed by atoms with Crippen LogP contribution in [-0.2, 0) is 21.7 Å². The number of hydrogen-bond acceptors (Lipinski definition) is 3. The molecule has 6 heteroatoms. The van der Waals surface area contributed by atoms with Gasteiger partial charge in [0.05, 0.1) is 27.9 Å². The van der Waals surface area contributed by atoms with Gasteiger partial charge in [0.15, 0.2) is 0 Å². The molecule has 65 heavy (non-hydrogen) atoms. The van der Waals surface area contributed by atoms with E-state index in [2.05, 4.69) is 231 Å². The Kier molecular flexibility index (Phi) is 9.66. The van der Waals surface area contributed by atoms with E-state index >= 15 is 0 Å². The van der Waals surface area contributed by atoms with Crippen LogP contribution in [0.2, 0.25) is 0 Å². The molecular weight excluding hydrogens is 793 g/mol. The number of hydrogen-bond donors (Lipinski definition) is 1. The molecule has 0 spiro atoms. The number of benzene rings is 5. The van der Waals surface area contributed by atoms with Gasteiger partial charge in [0, 0.05) is 44.6 Å². The molecule has 0 saturated carbocycles. The molecule has 0 aliphatic carbocycles. The molecule has 0 saturated heterocycles. The van der Waals surface area contributed by atoms with E-state index in [0.717, 1.165) is 72.9 Å². The minimum absolute atomic E-state index is 0.0273. The first-order valence-electron chi connectivity index (χ1n) is 23.0. The smallest absolute Gasteiger partial charge is 0.146 e. The Hall–Kier alpha value is -6.79. The second kappa shape index (κ2) is 14.9. The summed E-state index contributed by atoms with van der Waals surface area (Å²) in [6, 6.07) is 48.9. The third-order valence-corrected chi connectivity index (χ3v) is 13.3. The molecule has 0 atom stereocenters. The largest absolute Gasteiger partial charge is 0.294 e. The minimum Gasteiger partial charge on any atom is -0.294 e. The third kappa shape index (κ3) is 7.33. The topological polar surface area (TPSA) is 64.3 Å². The van der Waals surface area contributed by atoms with Crippen molar-refractivity contribution in [2.75, 3.05) is 0 Å². The maximum atomic E-state index is 5.70. The van der Waals surface area contributed by atoms with Crippen molar-refractivity contribution in [3.8, 4) is 45.3 Å². The number of fused-ring (bicyclic) bond motifs is 6. The molecule has 5 aromatic heterocycles. The van der Waals surface area contributed by atoms with E-state index in [4.69, 9.17) is 15.1 Å². The number of aromatic amines is 1. The number of pyridine rings is 2. The molecule has 10 rings (SSSR count). The van der Waals surface area contributed by atoms with Crippen molar-refractivity contribution in [3.05, 3.63) is 162 Å². The van der Waals surface area contributed by atoms with Gasteiger partial charge in [-0.2, -0.15) is 5.10 Å². The molecule has 0 bridgehead atoms. The van der Waals surface area contributed by atoms with Crippen molar-refractivity contribution in [2.45, 2.75) is 105 Å². The summed E-state index contributed by atoms with van der Waals surface area (Å²) in [7, 11) is 0. The monoisotopic (exact) mass is 852 g/mol. The van der Waals surface area contributed by atoms with Gasteiger partial charge in [-0.1, -0.05) is 162 Å². The van der Waals surface area contributed by atoms with Crippen LogP contribution < -0.4 is 0 Å². The van der Waals surface area contributed by atoms with Gasteiger partial charge in [-0.25, -0.2) is 9.97 Å². The Balaban J connectivity index is 1.26. The van der Waals surface area contributed by atoms with Crippen molar-refractivity contribution in [3.63, 3.8) is 0 Å². The number of H-pyrrole nitrogens is 1. The van der Waals surface area contributed by atoms with Gasteiger partial charge in [-0.05, 0) is 104 Å². The fourth-order valence-corrected chi connectivity index (χ4v) is 9.36. The van der Waals surface area contributed by atoms with Gasteiger partial charge in [0.2, 0.25) is 0 Å². The normalized spacial score (nSPS) is 12.9. The summed E-state index contributed by atoms with van der Waals surface area (Å²) in [5.74, 6) is 0.907. The molecule has 0 aliphatic rings. The lowest BCUT2D eigenvalue weighted by Gasteiger charge is -2.26. The lowest BCUT2D eigenvalue weighted by molar-refractivity contribution is 0.569. The average Bonchev–Trinajstić information content (AvgIpc) is 3.95. The third-order valence-electron chi connectivity index (χ3n) is 13.3. The SMILES string of the molecule is CC(C)(C)c1cc(-c2c(-c3ccccc3)n[nH]c2-c2ccc3c4cc(C(C)(C)C)ccc4n(-c4ccc5c6ccccc6n(-c6cc(C(C)(C)C)ccn6)c5c4)c3n2)cc(C(C)(C)C)c1. The summed E-state index contributed by atoms with van der Waals surface area (Å²) in [6.07, 6.45) is 1.95. The van der Waals surface area contributed by atoms with Crippen LogP contribution >= 0.6 is 0 Å². The summed E-state index contributed by atoms with van der Waals surface area (Å²) >= 11 is 0. The highest BCUT2D eigenvalue weighted by atomic mass is 15.1. The van der Waals surface area contributed by atoms with Crippen LogP contribution in [0.1, 0.15) is 105 Å². The Morgan fingerprint density at radius 2 is 1.06 bits per heavy atom. The first-order valence-corrected chi connectivity index (χ1v) is 23.0. The second-order valence-corrected chi connectivity index (χ2v) is 22.1. The highest BCUT2D eigenvalue weighted by Crippen LogP contribution is 2.44. The zero-order valence-electron chi connectivity index (χ0n) is 40.0. The number of para-hydroxylation sites is 1. The van der Waals surface area contributed by atoms with Crippen molar-refractivity contribution < 1.29 is 0 Å². The molecule has 0 aliphatic heterocycles. The van der Waals surface area contributed by atoms with Crippen molar-refractivity contribution in [2.24, 2.45) is 0 Å². The fourth-order valence-electron chi connectivity index (χ4n) is 9.36. The molecule has 0 radical (unpaired) electrons. The second-order valence-electron chi connectivity index (χ2n) is 22.1. The number of rotatable bonds is 5. The van der Waals surface area contributed by atoms with Crippen LogP contribution in [-0.4, -0.2) is 29.3 Å². The quantitative estimate of drug-likeness (QED) is 0.188. The van der Waals surface area contributed by atoms with Crippen LogP contribution in [0.25, 0.3) is 89.0 Å². The van der Waals surface area contributed by atoms with Crippen molar-refractivity contribution in [1.29, 1.82) is 0 Å². The molecule has 0 fully saturated rings. The standard InChI is InChI=1S/C59H60N6/c1-56(2,3)38-22-27-49-46(33-38)45-25-26-47(54-52(53(62-63-54)36-18-14-13-15-19-36)37-30-40(58(7,8)9)32-41(31-37)59(10,11)12)61-55(45)64(49)42-23-24-44-43-20-16-17-21-48(43)65(50(44)35-42)51-34-39(28-29-60-51)57(4,5)6/h13-35H,1-12H3,(H,62,63). The molecule has 5 aromatic carbocycles. The Bertz CT molecular complexity index is 3430. The van der Waals surface area contributed by atoms with E-state index in [-0.39, 0.29) is 21.7 Å². The fraction of sp³-hybridized carbons (Fsp3) is 0.271. The Labute approximate surface area is 383 Å². The molecule has 1 N–H and O–H groups in total. The van der Waals surface area contributed by atoms with E-state index in [0.29, 0.717) is 0 Å². The average molecular weight is 853 g/mol. The van der Waals surface area contributed by atoms with Gasteiger partial charge in [0.25, 0.3) is 0 Å². The molecule has 10 aromatic rings. The highest BCUT2D eigenvalue weighted by molar-refractivity contribution is 6.12. The molecule has 0 amide bonds. The van der Waals surface area contributed by atoms with E-state index in [1.807, 2.05) is 6.20 Å². The van der Waals surface area contributed by atoms with E-state index in [1.165, 1.54) is 38.4 Å². The molecular formula is C59H60N6. The first-order chi connectivity index (χ1) is 30.8. The van der Waals surface area contributed by atoms with Gasteiger partial charge < -0.3 is 0 Å².